The third-order valence-electron chi connectivity index (χ3n) is 4.40. The lowest BCUT2D eigenvalue weighted by atomic mass is 9.98. The summed E-state index contributed by atoms with van der Waals surface area (Å²) in [6.45, 7) is 6.69. The maximum Gasteiger partial charge on any atom is 0.131 e. The summed E-state index contributed by atoms with van der Waals surface area (Å²) in [5, 5.41) is 15.5. The van der Waals surface area contributed by atoms with Gasteiger partial charge in [-0.2, -0.15) is 0 Å². The van der Waals surface area contributed by atoms with Crippen molar-refractivity contribution < 1.29 is 14.7 Å². The molecule has 1 heterocycles. The first-order chi connectivity index (χ1) is 13.0. The molecule has 1 aliphatic rings. The van der Waals surface area contributed by atoms with E-state index in [0.717, 1.165) is 33.6 Å². The topological polar surface area (TPSA) is 74.8 Å². The fourth-order valence-electron chi connectivity index (χ4n) is 2.97. The Kier molecular flexibility index (Phi) is 5.57. The Labute approximate surface area is 159 Å². The standard InChI is InChI=1S/C21H25N3O3/c1-13(2)19-9-18(10-21-20(19)8-17(24-25)12-27-21)26-11-14-5-15(22-3)7-16(6-14)23-4/h5-10,22-25H,1,11-12H2,2-4H3. The fraction of sp³-hybridized carbons (Fsp3) is 0.238. The Bertz CT molecular complexity index is 868. The highest BCUT2D eigenvalue weighted by Gasteiger charge is 2.17. The van der Waals surface area contributed by atoms with Crippen molar-refractivity contribution in [3.05, 3.63) is 59.3 Å². The van der Waals surface area contributed by atoms with Crippen molar-refractivity contribution in [3.63, 3.8) is 0 Å². The number of ether oxygens (including phenoxy) is 2. The number of nitrogens with one attached hydrogen (secondary N) is 3. The molecule has 0 unspecified atom stereocenters. The van der Waals surface area contributed by atoms with Gasteiger partial charge in [0.05, 0.1) is 5.70 Å². The molecule has 27 heavy (non-hydrogen) atoms. The van der Waals surface area contributed by atoms with Gasteiger partial charge in [-0.3, -0.25) is 10.7 Å². The molecular formula is C21H25N3O3. The summed E-state index contributed by atoms with van der Waals surface area (Å²) >= 11 is 0. The maximum atomic E-state index is 9.14. The molecule has 0 spiro atoms. The highest BCUT2D eigenvalue weighted by atomic mass is 16.5. The Morgan fingerprint density at radius 3 is 2.44 bits per heavy atom. The van der Waals surface area contributed by atoms with Gasteiger partial charge in [0, 0.05) is 37.1 Å². The minimum absolute atomic E-state index is 0.276. The van der Waals surface area contributed by atoms with E-state index < -0.39 is 0 Å². The fourth-order valence-corrected chi connectivity index (χ4v) is 2.97. The second kappa shape index (κ2) is 8.05. The Morgan fingerprint density at radius 1 is 1.15 bits per heavy atom. The number of hydrogen-bond donors (Lipinski definition) is 4. The number of hydroxylamine groups is 1. The number of fused-ring (bicyclic) bond motifs is 1. The molecule has 0 aromatic heterocycles. The molecule has 4 N–H and O–H groups in total. The molecule has 6 heteroatoms. The third-order valence-corrected chi connectivity index (χ3v) is 4.40. The number of anilines is 2. The molecule has 0 radical (unpaired) electrons. The van der Waals surface area contributed by atoms with E-state index >= 15 is 0 Å². The van der Waals surface area contributed by atoms with E-state index in [-0.39, 0.29) is 6.61 Å². The van der Waals surface area contributed by atoms with E-state index in [0.29, 0.717) is 23.8 Å². The summed E-state index contributed by atoms with van der Waals surface area (Å²) in [5.74, 6) is 1.42. The number of hydrogen-bond acceptors (Lipinski definition) is 6. The SMILES string of the molecule is C=C(C)c1cc(OCc2cc(NC)cc(NC)c2)cc2c1C=C(NO)CO2. The van der Waals surface area contributed by atoms with Crippen molar-refractivity contribution in [2.24, 2.45) is 0 Å². The zero-order valence-electron chi connectivity index (χ0n) is 15.8. The van der Waals surface area contributed by atoms with Crippen LogP contribution in [-0.4, -0.2) is 25.9 Å². The molecule has 6 nitrogen and oxygen atoms in total. The number of rotatable bonds is 7. The van der Waals surface area contributed by atoms with Gasteiger partial charge in [0.2, 0.25) is 0 Å². The van der Waals surface area contributed by atoms with Crippen LogP contribution in [0.2, 0.25) is 0 Å². The molecule has 142 valence electrons. The van der Waals surface area contributed by atoms with E-state index in [4.69, 9.17) is 14.7 Å². The average Bonchev–Trinajstić information content (AvgIpc) is 2.70. The molecule has 0 fully saturated rings. The quantitative estimate of drug-likeness (QED) is 0.552. The molecule has 0 aliphatic carbocycles. The van der Waals surface area contributed by atoms with Gasteiger partial charge in [-0.05, 0) is 48.4 Å². The van der Waals surface area contributed by atoms with Gasteiger partial charge in [0.25, 0.3) is 0 Å². The monoisotopic (exact) mass is 367 g/mol. The van der Waals surface area contributed by atoms with E-state index in [9.17, 15) is 0 Å². The van der Waals surface area contributed by atoms with Crippen molar-refractivity contribution in [2.75, 3.05) is 31.3 Å². The van der Waals surface area contributed by atoms with Gasteiger partial charge in [-0.15, -0.1) is 0 Å². The summed E-state index contributed by atoms with van der Waals surface area (Å²) in [6.07, 6.45) is 1.86. The normalized spacial score (nSPS) is 12.4. The maximum absolute atomic E-state index is 9.14. The molecule has 2 aromatic rings. The summed E-state index contributed by atoms with van der Waals surface area (Å²) in [5.41, 5.74) is 8.55. The summed E-state index contributed by atoms with van der Waals surface area (Å²) < 4.78 is 11.8. The van der Waals surface area contributed by atoms with E-state index in [1.54, 1.807) is 0 Å². The van der Waals surface area contributed by atoms with Crippen LogP contribution in [0, 0.1) is 0 Å². The van der Waals surface area contributed by atoms with Gasteiger partial charge >= 0.3 is 0 Å². The predicted molar refractivity (Wildman–Crippen MR) is 109 cm³/mol. The van der Waals surface area contributed by atoms with Crippen LogP contribution in [0.5, 0.6) is 11.5 Å². The lowest BCUT2D eigenvalue weighted by molar-refractivity contribution is 0.180. The van der Waals surface area contributed by atoms with Crippen LogP contribution in [0.1, 0.15) is 23.6 Å². The molecule has 2 aromatic carbocycles. The molecule has 0 saturated carbocycles. The van der Waals surface area contributed by atoms with E-state index in [1.807, 2.05) is 45.3 Å². The summed E-state index contributed by atoms with van der Waals surface area (Å²) in [7, 11) is 3.78. The lowest BCUT2D eigenvalue weighted by Crippen LogP contribution is -2.18. The van der Waals surface area contributed by atoms with Crippen molar-refractivity contribution in [1.82, 2.24) is 5.48 Å². The van der Waals surface area contributed by atoms with Crippen LogP contribution >= 0.6 is 0 Å². The van der Waals surface area contributed by atoms with Gasteiger partial charge in [0.1, 0.15) is 24.7 Å². The third kappa shape index (κ3) is 4.17. The second-order valence-corrected chi connectivity index (χ2v) is 6.44. The lowest BCUT2D eigenvalue weighted by Gasteiger charge is -2.21. The first-order valence-electron chi connectivity index (χ1n) is 8.73. The second-order valence-electron chi connectivity index (χ2n) is 6.44. The van der Waals surface area contributed by atoms with E-state index in [1.165, 1.54) is 0 Å². The van der Waals surface area contributed by atoms with Crippen LogP contribution in [0.4, 0.5) is 11.4 Å². The summed E-state index contributed by atoms with van der Waals surface area (Å²) in [6, 6.07) is 9.96. The zero-order valence-corrected chi connectivity index (χ0v) is 15.8. The average molecular weight is 367 g/mol. The predicted octanol–water partition coefficient (Wildman–Crippen LogP) is 4.09. The van der Waals surface area contributed by atoms with Crippen LogP contribution in [0.3, 0.4) is 0 Å². The highest BCUT2D eigenvalue weighted by Crippen LogP contribution is 2.36. The first-order valence-corrected chi connectivity index (χ1v) is 8.73. The Balaban J connectivity index is 1.87. The minimum Gasteiger partial charge on any atom is -0.489 e. The van der Waals surface area contributed by atoms with Gasteiger partial charge in [-0.25, -0.2) is 0 Å². The number of allylic oxidation sites excluding steroid dienone is 1. The van der Waals surface area contributed by atoms with Gasteiger partial charge in [0.15, 0.2) is 0 Å². The molecule has 0 amide bonds. The van der Waals surface area contributed by atoms with Crippen molar-refractivity contribution >= 4 is 23.0 Å². The van der Waals surface area contributed by atoms with Crippen LogP contribution in [0.15, 0.2) is 42.6 Å². The van der Waals surface area contributed by atoms with Crippen LogP contribution < -0.4 is 25.6 Å². The van der Waals surface area contributed by atoms with Crippen molar-refractivity contribution in [1.29, 1.82) is 0 Å². The van der Waals surface area contributed by atoms with E-state index in [2.05, 4.69) is 34.8 Å². The molecule has 0 saturated heterocycles. The molecule has 3 rings (SSSR count). The minimum atomic E-state index is 0.276. The van der Waals surface area contributed by atoms with Crippen molar-refractivity contribution in [3.8, 4) is 11.5 Å². The van der Waals surface area contributed by atoms with Gasteiger partial charge < -0.3 is 20.1 Å². The van der Waals surface area contributed by atoms with Crippen LogP contribution in [-0.2, 0) is 6.61 Å². The smallest absolute Gasteiger partial charge is 0.131 e. The van der Waals surface area contributed by atoms with Gasteiger partial charge in [-0.1, -0.05) is 12.2 Å². The summed E-state index contributed by atoms with van der Waals surface area (Å²) in [4.78, 5) is 0. The van der Waals surface area contributed by atoms with Crippen LogP contribution in [0.25, 0.3) is 11.6 Å². The first kappa shape index (κ1) is 18.7. The van der Waals surface area contributed by atoms with Crippen molar-refractivity contribution in [2.45, 2.75) is 13.5 Å². The highest BCUT2D eigenvalue weighted by molar-refractivity contribution is 5.78. The molecule has 1 aliphatic heterocycles. The Hall–Kier alpha value is -3.12. The molecule has 0 atom stereocenters. The number of benzene rings is 2. The largest absolute Gasteiger partial charge is 0.489 e. The zero-order chi connectivity index (χ0) is 19.4. The molecule has 0 bridgehead atoms. The Morgan fingerprint density at radius 2 is 1.85 bits per heavy atom. The molecular weight excluding hydrogens is 342 g/mol.